The zero-order chi connectivity index (χ0) is 18.1. The van der Waals surface area contributed by atoms with E-state index in [1.807, 2.05) is 9.47 Å². The van der Waals surface area contributed by atoms with Crippen molar-refractivity contribution in [2.45, 2.75) is 25.8 Å². The first-order valence-electron chi connectivity index (χ1n) is 9.59. The topological polar surface area (TPSA) is 70.9 Å². The Morgan fingerprint density at radius 3 is 2.31 bits per heavy atom. The molecule has 0 atom stereocenters. The Kier molecular flexibility index (Phi) is 4.95. The molecule has 3 aliphatic rings. The summed E-state index contributed by atoms with van der Waals surface area (Å²) >= 11 is 0. The van der Waals surface area contributed by atoms with Crippen LogP contribution in [0.5, 0.6) is 0 Å². The van der Waals surface area contributed by atoms with Crippen LogP contribution in [0, 0.1) is 0 Å². The molecular formula is C18H27N5O3. The van der Waals surface area contributed by atoms with Gasteiger partial charge in [-0.1, -0.05) is 0 Å². The number of ether oxygens (including phenoxy) is 1. The minimum absolute atomic E-state index is 0.0396. The van der Waals surface area contributed by atoms with E-state index >= 15 is 0 Å². The van der Waals surface area contributed by atoms with Crippen molar-refractivity contribution in [2.75, 3.05) is 59.5 Å². The summed E-state index contributed by atoms with van der Waals surface area (Å²) in [7, 11) is 2.07. The Morgan fingerprint density at radius 2 is 1.58 bits per heavy atom. The molecule has 2 fully saturated rings. The lowest BCUT2D eigenvalue weighted by Crippen LogP contribution is -2.47. The molecule has 4 heterocycles. The summed E-state index contributed by atoms with van der Waals surface area (Å²) in [4.78, 5) is 36.5. The van der Waals surface area contributed by atoms with Gasteiger partial charge in [-0.15, -0.1) is 0 Å². The average Bonchev–Trinajstić information content (AvgIpc) is 3.08. The number of hydrogen-bond donors (Lipinski definition) is 0. The molecule has 2 amide bonds. The SMILES string of the molecule is CN1CCN(C(=O)c2nc(C(=O)N3CCOCC3)c3n2CCCC3)CC1. The van der Waals surface area contributed by atoms with Crippen LogP contribution in [0.4, 0.5) is 0 Å². The van der Waals surface area contributed by atoms with Crippen LogP contribution in [0.2, 0.25) is 0 Å². The van der Waals surface area contributed by atoms with Crippen LogP contribution in [0.25, 0.3) is 0 Å². The fraction of sp³-hybridized carbons (Fsp3) is 0.722. The molecule has 4 rings (SSSR count). The summed E-state index contributed by atoms with van der Waals surface area (Å²) in [5.74, 6) is 0.347. The molecule has 0 aliphatic carbocycles. The van der Waals surface area contributed by atoms with E-state index in [0.29, 0.717) is 50.9 Å². The van der Waals surface area contributed by atoms with Gasteiger partial charge in [-0.05, 0) is 26.3 Å². The third-order valence-electron chi connectivity index (χ3n) is 5.60. The van der Waals surface area contributed by atoms with E-state index in [0.717, 1.165) is 44.6 Å². The van der Waals surface area contributed by atoms with E-state index in [1.54, 1.807) is 4.90 Å². The van der Waals surface area contributed by atoms with Gasteiger partial charge in [0, 0.05) is 45.8 Å². The number of piperazine rings is 1. The van der Waals surface area contributed by atoms with Crippen molar-refractivity contribution < 1.29 is 14.3 Å². The summed E-state index contributed by atoms with van der Waals surface area (Å²) in [5, 5.41) is 0. The van der Waals surface area contributed by atoms with E-state index in [1.165, 1.54) is 0 Å². The summed E-state index contributed by atoms with van der Waals surface area (Å²) in [6.45, 7) is 6.25. The molecule has 0 saturated carbocycles. The van der Waals surface area contributed by atoms with Crippen molar-refractivity contribution >= 4 is 11.8 Å². The molecule has 142 valence electrons. The van der Waals surface area contributed by atoms with Gasteiger partial charge in [-0.25, -0.2) is 4.98 Å². The van der Waals surface area contributed by atoms with E-state index in [2.05, 4.69) is 16.9 Å². The molecule has 0 spiro atoms. The number of morpholine rings is 1. The summed E-state index contributed by atoms with van der Waals surface area (Å²) in [6.07, 6.45) is 2.88. The van der Waals surface area contributed by atoms with Crippen LogP contribution >= 0.6 is 0 Å². The van der Waals surface area contributed by atoms with Gasteiger partial charge in [0.25, 0.3) is 11.8 Å². The number of hydrogen-bond acceptors (Lipinski definition) is 5. The lowest BCUT2D eigenvalue weighted by Gasteiger charge is -2.32. The van der Waals surface area contributed by atoms with Crippen molar-refractivity contribution in [3.63, 3.8) is 0 Å². The molecule has 1 aromatic rings. The van der Waals surface area contributed by atoms with Gasteiger partial charge in [-0.3, -0.25) is 9.59 Å². The number of imidazole rings is 1. The highest BCUT2D eigenvalue weighted by Gasteiger charge is 2.32. The molecule has 26 heavy (non-hydrogen) atoms. The van der Waals surface area contributed by atoms with Gasteiger partial charge in [0.1, 0.15) is 5.69 Å². The molecule has 0 radical (unpaired) electrons. The zero-order valence-corrected chi connectivity index (χ0v) is 15.4. The standard InChI is InChI=1S/C18H27N5O3/c1-20-6-8-21(9-7-20)18(25)16-19-15(14-4-2-3-5-23(14)16)17(24)22-10-12-26-13-11-22/h2-13H2,1H3. The molecule has 8 heteroatoms. The van der Waals surface area contributed by atoms with Gasteiger partial charge >= 0.3 is 0 Å². The quantitative estimate of drug-likeness (QED) is 0.746. The zero-order valence-electron chi connectivity index (χ0n) is 15.4. The van der Waals surface area contributed by atoms with Gasteiger partial charge in [-0.2, -0.15) is 0 Å². The molecule has 1 aromatic heterocycles. The Labute approximate surface area is 153 Å². The number of rotatable bonds is 2. The second-order valence-corrected chi connectivity index (χ2v) is 7.34. The number of nitrogens with zero attached hydrogens (tertiary/aromatic N) is 5. The Balaban J connectivity index is 1.62. The monoisotopic (exact) mass is 361 g/mol. The summed E-state index contributed by atoms with van der Waals surface area (Å²) < 4.78 is 7.34. The molecule has 3 aliphatic heterocycles. The number of carbonyl (C=O) groups excluding carboxylic acids is 2. The minimum atomic E-state index is -0.0589. The molecule has 0 bridgehead atoms. The molecule has 8 nitrogen and oxygen atoms in total. The van der Waals surface area contributed by atoms with Gasteiger partial charge in [0.05, 0.1) is 18.9 Å². The molecule has 0 unspecified atom stereocenters. The molecule has 2 saturated heterocycles. The van der Waals surface area contributed by atoms with Crippen LogP contribution in [-0.4, -0.2) is 95.6 Å². The first kappa shape index (κ1) is 17.5. The van der Waals surface area contributed by atoms with E-state index < -0.39 is 0 Å². The number of likely N-dealkylation sites (N-methyl/N-ethyl adjacent to an activating group) is 1. The van der Waals surface area contributed by atoms with Crippen molar-refractivity contribution in [1.29, 1.82) is 0 Å². The first-order valence-corrected chi connectivity index (χ1v) is 9.59. The van der Waals surface area contributed by atoms with Crippen LogP contribution in [0.1, 0.15) is 39.6 Å². The lowest BCUT2D eigenvalue weighted by molar-refractivity contribution is 0.0298. The number of fused-ring (bicyclic) bond motifs is 1. The third-order valence-corrected chi connectivity index (χ3v) is 5.60. The second-order valence-electron chi connectivity index (χ2n) is 7.34. The van der Waals surface area contributed by atoms with E-state index in [9.17, 15) is 9.59 Å². The number of aromatic nitrogens is 2. The van der Waals surface area contributed by atoms with Crippen LogP contribution < -0.4 is 0 Å². The van der Waals surface area contributed by atoms with E-state index in [4.69, 9.17) is 4.74 Å². The van der Waals surface area contributed by atoms with Crippen LogP contribution in [0.3, 0.4) is 0 Å². The van der Waals surface area contributed by atoms with E-state index in [-0.39, 0.29) is 11.8 Å². The molecule has 0 aromatic carbocycles. The van der Waals surface area contributed by atoms with Gasteiger partial charge in [0.2, 0.25) is 0 Å². The van der Waals surface area contributed by atoms with Crippen molar-refractivity contribution in [1.82, 2.24) is 24.3 Å². The first-order chi connectivity index (χ1) is 12.6. The highest BCUT2D eigenvalue weighted by atomic mass is 16.5. The summed E-state index contributed by atoms with van der Waals surface area (Å²) in [5.41, 5.74) is 1.41. The number of carbonyl (C=O) groups is 2. The highest BCUT2D eigenvalue weighted by molar-refractivity contribution is 5.97. The van der Waals surface area contributed by atoms with Crippen LogP contribution in [0.15, 0.2) is 0 Å². The summed E-state index contributed by atoms with van der Waals surface area (Å²) in [6, 6.07) is 0. The second kappa shape index (κ2) is 7.36. The minimum Gasteiger partial charge on any atom is -0.378 e. The number of amides is 2. The maximum atomic E-state index is 13.1. The smallest absolute Gasteiger partial charge is 0.289 e. The van der Waals surface area contributed by atoms with Crippen molar-refractivity contribution in [3.05, 3.63) is 17.2 Å². The third kappa shape index (κ3) is 3.23. The van der Waals surface area contributed by atoms with Gasteiger partial charge < -0.3 is 24.0 Å². The van der Waals surface area contributed by atoms with Crippen molar-refractivity contribution in [3.8, 4) is 0 Å². The Bertz CT molecular complexity index is 687. The Hall–Kier alpha value is -1.93. The maximum Gasteiger partial charge on any atom is 0.289 e. The molecular weight excluding hydrogens is 334 g/mol. The van der Waals surface area contributed by atoms with Crippen LogP contribution in [-0.2, 0) is 17.7 Å². The normalized spacial score (nSPS) is 21.6. The average molecular weight is 361 g/mol. The predicted octanol–water partition coefficient (Wildman–Crippen LogP) is 0.0794. The predicted molar refractivity (Wildman–Crippen MR) is 95.3 cm³/mol. The van der Waals surface area contributed by atoms with Crippen molar-refractivity contribution in [2.24, 2.45) is 0 Å². The fourth-order valence-corrected chi connectivity index (χ4v) is 3.94. The Morgan fingerprint density at radius 1 is 0.885 bits per heavy atom. The lowest BCUT2D eigenvalue weighted by atomic mass is 10.1. The fourth-order valence-electron chi connectivity index (χ4n) is 3.94. The molecule has 0 N–H and O–H groups in total. The van der Waals surface area contributed by atoms with Gasteiger partial charge in [0.15, 0.2) is 5.82 Å². The maximum absolute atomic E-state index is 13.1. The largest absolute Gasteiger partial charge is 0.378 e. The highest BCUT2D eigenvalue weighted by Crippen LogP contribution is 2.23.